The highest BCUT2D eigenvalue weighted by Crippen LogP contribution is 2.27. The maximum atomic E-state index is 10.3. The van der Waals surface area contributed by atoms with Crippen LogP contribution in [-0.4, -0.2) is 84.2 Å². The fourth-order valence-electron chi connectivity index (χ4n) is 2.82. The Morgan fingerprint density at radius 1 is 0.722 bits per heavy atom. The van der Waals surface area contributed by atoms with Crippen LogP contribution in [0, 0.1) is 11.8 Å². The molecule has 2 rings (SSSR count). The fourth-order valence-corrected chi connectivity index (χ4v) is 2.82. The van der Waals surface area contributed by atoms with Crippen molar-refractivity contribution in [1.29, 1.82) is 0 Å². The Bertz CT molecular complexity index is 694. The largest absolute Gasteiger partial charge is 0.481 e. The van der Waals surface area contributed by atoms with Gasteiger partial charge in [0.1, 0.15) is 0 Å². The summed E-state index contributed by atoms with van der Waals surface area (Å²) < 4.78 is 0. The number of aromatic carboxylic acids is 2. The van der Waals surface area contributed by atoms with Crippen LogP contribution < -0.4 is 0 Å². The van der Waals surface area contributed by atoms with Gasteiger partial charge in [0, 0.05) is 13.2 Å². The smallest absolute Gasteiger partial charge is 0.335 e. The van der Waals surface area contributed by atoms with Gasteiger partial charge >= 0.3 is 23.9 Å². The van der Waals surface area contributed by atoms with E-state index >= 15 is 0 Å². The van der Waals surface area contributed by atoms with Crippen molar-refractivity contribution < 1.29 is 60.0 Å². The van der Waals surface area contributed by atoms with Crippen LogP contribution in [0.15, 0.2) is 24.3 Å². The molecule has 1 aromatic rings. The topological polar surface area (TPSA) is 230 Å². The van der Waals surface area contributed by atoms with E-state index in [1.54, 1.807) is 0 Å². The van der Waals surface area contributed by atoms with Gasteiger partial charge in [0.05, 0.1) is 24.0 Å². The fraction of sp³-hybridized carbons (Fsp3) is 0.583. The first-order valence-electron chi connectivity index (χ1n) is 11.5. The first-order valence-corrected chi connectivity index (χ1v) is 11.5. The Kier molecular flexibility index (Phi) is 20.7. The molecule has 1 aliphatic carbocycles. The number of carboxylic acid groups (broad SMARTS) is 4. The summed E-state index contributed by atoms with van der Waals surface area (Å²) >= 11 is 0. The van der Waals surface area contributed by atoms with E-state index in [1.807, 2.05) is 6.92 Å². The average molecular weight is 519 g/mol. The van der Waals surface area contributed by atoms with Gasteiger partial charge < -0.3 is 40.9 Å². The van der Waals surface area contributed by atoms with Crippen molar-refractivity contribution in [2.75, 3.05) is 13.2 Å². The predicted molar refractivity (Wildman–Crippen MR) is 128 cm³/mol. The first kappa shape index (κ1) is 35.1. The van der Waals surface area contributed by atoms with E-state index in [1.165, 1.54) is 24.3 Å². The lowest BCUT2D eigenvalue weighted by Crippen LogP contribution is -2.19. The molecular weight excluding hydrogens is 480 g/mol. The Morgan fingerprint density at radius 3 is 1.17 bits per heavy atom. The molecule has 12 heteroatoms. The molecule has 0 aliphatic heterocycles. The van der Waals surface area contributed by atoms with Crippen molar-refractivity contribution in [1.82, 2.24) is 0 Å². The van der Waals surface area contributed by atoms with E-state index in [0.29, 0.717) is 31.5 Å². The number of aliphatic hydroxyl groups excluding tert-OH is 3. The summed E-state index contributed by atoms with van der Waals surface area (Å²) in [5.74, 6) is -3.25. The van der Waals surface area contributed by atoms with E-state index in [0.717, 1.165) is 32.1 Å². The maximum Gasteiger partial charge on any atom is 0.335 e. The number of carbonyl (C=O) groups is 4. The maximum absolute atomic E-state index is 10.3. The summed E-state index contributed by atoms with van der Waals surface area (Å²) in [4.78, 5) is 40.0. The van der Waals surface area contributed by atoms with Gasteiger partial charge in [-0.3, -0.25) is 9.59 Å². The molecule has 0 unspecified atom stereocenters. The molecule has 1 fully saturated rings. The monoisotopic (exact) mass is 518 g/mol. The van der Waals surface area contributed by atoms with Gasteiger partial charge in [-0.05, 0) is 68.2 Å². The van der Waals surface area contributed by atoms with E-state index in [2.05, 4.69) is 0 Å². The van der Waals surface area contributed by atoms with Crippen LogP contribution in [-0.2, 0) is 9.59 Å². The SMILES string of the molecule is CCCC(O)O.O=C(O)CCC(=O)O.O=C(O)c1ccc(C(=O)O)cc1.OCC1CCC(CO)CC1. The highest BCUT2D eigenvalue weighted by molar-refractivity contribution is 5.91. The minimum absolute atomic E-state index is 0.0833. The molecule has 0 spiro atoms. The molecule has 0 saturated heterocycles. The third-order valence-corrected chi connectivity index (χ3v) is 4.96. The molecule has 1 aromatic carbocycles. The summed E-state index contributed by atoms with van der Waals surface area (Å²) in [6, 6.07) is 5.02. The summed E-state index contributed by atoms with van der Waals surface area (Å²) in [5.41, 5.74) is 0.167. The number of aliphatic hydroxyl groups is 4. The Hall–Kier alpha value is -3.06. The van der Waals surface area contributed by atoms with Gasteiger partial charge in [-0.1, -0.05) is 13.3 Å². The number of aliphatic carboxylic acids is 2. The Morgan fingerprint density at radius 2 is 1.03 bits per heavy atom. The molecule has 206 valence electrons. The van der Waals surface area contributed by atoms with Crippen molar-refractivity contribution >= 4 is 23.9 Å². The van der Waals surface area contributed by atoms with Crippen LogP contribution in [0.25, 0.3) is 0 Å². The second-order valence-electron chi connectivity index (χ2n) is 8.00. The molecule has 0 heterocycles. The Labute approximate surface area is 209 Å². The highest BCUT2D eigenvalue weighted by Gasteiger charge is 2.19. The zero-order chi connectivity index (χ0) is 28.1. The van der Waals surface area contributed by atoms with Gasteiger partial charge in [0.2, 0.25) is 0 Å². The first-order chi connectivity index (χ1) is 16.9. The van der Waals surface area contributed by atoms with Crippen molar-refractivity contribution in [3.63, 3.8) is 0 Å². The van der Waals surface area contributed by atoms with Crippen molar-refractivity contribution in [2.24, 2.45) is 11.8 Å². The lowest BCUT2D eigenvalue weighted by atomic mass is 9.83. The molecule has 8 N–H and O–H groups in total. The molecule has 0 bridgehead atoms. The van der Waals surface area contributed by atoms with Crippen molar-refractivity contribution in [2.45, 2.75) is 64.6 Å². The molecule has 0 aromatic heterocycles. The lowest BCUT2D eigenvalue weighted by molar-refractivity contribution is -0.143. The minimum atomic E-state index is -1.10. The van der Waals surface area contributed by atoms with E-state index in [4.69, 9.17) is 40.9 Å². The van der Waals surface area contributed by atoms with Crippen LogP contribution >= 0.6 is 0 Å². The van der Waals surface area contributed by atoms with Gasteiger partial charge in [-0.2, -0.15) is 0 Å². The number of carboxylic acids is 4. The standard InChI is InChI=1S/C8H6O4.C8H16O2.C4H6O4.C4H10O2/c9-7(10)5-1-2-6(4-3-5)8(11)12;9-5-7-1-2-8(6-10)4-3-7;5-3(6)1-2-4(7)8;1-2-3-4(5)6/h1-4H,(H,9,10)(H,11,12);7-10H,1-6H2;1-2H2,(H,5,6)(H,7,8);4-6H,2-3H2,1H3. The minimum Gasteiger partial charge on any atom is -0.481 e. The molecule has 36 heavy (non-hydrogen) atoms. The number of benzene rings is 1. The highest BCUT2D eigenvalue weighted by atomic mass is 16.5. The normalized spacial score (nSPS) is 16.2. The van der Waals surface area contributed by atoms with Crippen molar-refractivity contribution in [3.05, 3.63) is 35.4 Å². The molecule has 0 amide bonds. The summed E-state index contributed by atoms with van der Waals surface area (Å²) in [6.07, 6.45) is 4.02. The zero-order valence-corrected chi connectivity index (χ0v) is 20.3. The van der Waals surface area contributed by atoms with Crippen molar-refractivity contribution in [3.8, 4) is 0 Å². The van der Waals surface area contributed by atoms with Crippen LogP contribution in [0.2, 0.25) is 0 Å². The third kappa shape index (κ3) is 20.3. The Balaban J connectivity index is 0. The van der Waals surface area contributed by atoms with E-state index in [9.17, 15) is 19.2 Å². The molecule has 0 radical (unpaired) electrons. The molecule has 0 atom stereocenters. The summed E-state index contributed by atoms with van der Waals surface area (Å²) in [7, 11) is 0. The summed E-state index contributed by atoms with van der Waals surface area (Å²) in [5, 5.41) is 66.5. The molecular formula is C24H38O12. The van der Waals surface area contributed by atoms with Crippen LogP contribution in [0.1, 0.15) is 79.0 Å². The van der Waals surface area contributed by atoms with Crippen LogP contribution in [0.3, 0.4) is 0 Å². The van der Waals surface area contributed by atoms with Gasteiger partial charge in [-0.15, -0.1) is 0 Å². The molecule has 1 aliphatic rings. The van der Waals surface area contributed by atoms with Crippen LogP contribution in [0.5, 0.6) is 0 Å². The van der Waals surface area contributed by atoms with Gasteiger partial charge in [-0.25, -0.2) is 9.59 Å². The predicted octanol–water partition coefficient (Wildman–Crippen LogP) is 1.89. The quantitative estimate of drug-likeness (QED) is 0.219. The number of rotatable bonds is 9. The number of hydrogen-bond donors (Lipinski definition) is 8. The average Bonchev–Trinajstić information content (AvgIpc) is 2.84. The second-order valence-corrected chi connectivity index (χ2v) is 8.00. The number of hydrogen-bond acceptors (Lipinski definition) is 8. The third-order valence-electron chi connectivity index (χ3n) is 4.96. The summed E-state index contributed by atoms with van der Waals surface area (Å²) in [6.45, 7) is 2.57. The van der Waals surface area contributed by atoms with E-state index < -0.39 is 30.2 Å². The molecule has 1 saturated carbocycles. The van der Waals surface area contributed by atoms with E-state index in [-0.39, 0.29) is 24.0 Å². The van der Waals surface area contributed by atoms with Gasteiger partial charge in [0.25, 0.3) is 0 Å². The molecule has 12 nitrogen and oxygen atoms in total. The van der Waals surface area contributed by atoms with Gasteiger partial charge in [0.15, 0.2) is 6.29 Å². The lowest BCUT2D eigenvalue weighted by Gasteiger charge is -2.25. The van der Waals surface area contributed by atoms with Crippen LogP contribution in [0.4, 0.5) is 0 Å². The zero-order valence-electron chi connectivity index (χ0n) is 20.3. The second kappa shape index (κ2) is 21.2.